The molecule has 0 saturated carbocycles. The van der Waals surface area contributed by atoms with Crippen molar-refractivity contribution in [1.82, 2.24) is 14.2 Å². The first-order valence-corrected chi connectivity index (χ1v) is 13.3. The maximum Gasteiger partial charge on any atom is 0.407 e. The van der Waals surface area contributed by atoms with E-state index < -0.39 is 16.1 Å². The average molecular weight is 513 g/mol. The Kier molecular flexibility index (Phi) is 5.91. The number of aromatic nitrogens is 1. The smallest absolute Gasteiger partial charge is 0.407 e. The zero-order valence-electron chi connectivity index (χ0n) is 20.5. The third-order valence-corrected chi connectivity index (χ3v) is 8.89. The van der Waals surface area contributed by atoms with Crippen LogP contribution in [0.1, 0.15) is 31.9 Å². The highest BCUT2D eigenvalue weighted by Gasteiger charge is 2.38. The minimum atomic E-state index is -3.83. The van der Waals surface area contributed by atoms with Gasteiger partial charge in [0.2, 0.25) is 10.0 Å². The van der Waals surface area contributed by atoms with E-state index in [1.807, 2.05) is 39.0 Å². The Morgan fingerprint density at radius 2 is 1.83 bits per heavy atom. The Hall–Kier alpha value is -3.24. The van der Waals surface area contributed by atoms with Crippen LogP contribution in [0.25, 0.3) is 10.9 Å². The molecule has 0 radical (unpaired) electrons. The molecule has 2 aromatic carbocycles. The van der Waals surface area contributed by atoms with Gasteiger partial charge in [0, 0.05) is 44.3 Å². The van der Waals surface area contributed by atoms with Gasteiger partial charge in [-0.25, -0.2) is 17.6 Å². The molecule has 8 nitrogen and oxygen atoms in total. The number of anilines is 1. The van der Waals surface area contributed by atoms with Gasteiger partial charge in [0.15, 0.2) is 0 Å². The number of fused-ring (bicyclic) bond motifs is 2. The van der Waals surface area contributed by atoms with Crippen molar-refractivity contribution in [1.29, 1.82) is 0 Å². The molecule has 1 N–H and O–H groups in total. The molecule has 10 heteroatoms. The van der Waals surface area contributed by atoms with Crippen LogP contribution in [-0.4, -0.2) is 59.5 Å². The standard InChI is InChI=1S/C26H29FN4O4S/c1-26(2,3)23-16-29(9-10-31(23)25(32)33)22-6-4-5-17-12-21(13-28-24(17)22)36(34,35)30-14-18-7-8-20(27)11-19(18)15-30/h4-8,11-13,23H,9-10,14-16H2,1-3H3,(H,32,33). The fraction of sp³-hybridized carbons (Fsp3) is 0.385. The van der Waals surface area contributed by atoms with Crippen LogP contribution in [0.2, 0.25) is 0 Å². The molecule has 2 aliphatic rings. The van der Waals surface area contributed by atoms with Gasteiger partial charge in [0.25, 0.3) is 0 Å². The number of carbonyl (C=O) groups is 1. The van der Waals surface area contributed by atoms with E-state index in [1.165, 1.54) is 27.5 Å². The summed E-state index contributed by atoms with van der Waals surface area (Å²) in [4.78, 5) is 20.1. The summed E-state index contributed by atoms with van der Waals surface area (Å²) in [5.41, 5.74) is 2.72. The number of amides is 1. The maximum absolute atomic E-state index is 13.6. The Morgan fingerprint density at radius 3 is 2.56 bits per heavy atom. The molecule has 3 heterocycles. The third-order valence-electron chi connectivity index (χ3n) is 7.13. The van der Waals surface area contributed by atoms with Gasteiger partial charge in [-0.2, -0.15) is 4.31 Å². The molecule has 1 fully saturated rings. The van der Waals surface area contributed by atoms with Crippen molar-refractivity contribution in [3.05, 3.63) is 65.6 Å². The second-order valence-corrected chi connectivity index (χ2v) is 12.4. The van der Waals surface area contributed by atoms with E-state index in [0.717, 1.165) is 11.3 Å². The number of halogens is 1. The second kappa shape index (κ2) is 8.70. The molecule has 1 unspecified atom stereocenters. The summed E-state index contributed by atoms with van der Waals surface area (Å²) in [7, 11) is -3.83. The van der Waals surface area contributed by atoms with Gasteiger partial charge in [0.05, 0.1) is 17.2 Å². The maximum atomic E-state index is 13.6. The van der Waals surface area contributed by atoms with Crippen molar-refractivity contribution < 1.29 is 22.7 Å². The molecule has 1 amide bonds. The van der Waals surface area contributed by atoms with E-state index in [4.69, 9.17) is 0 Å². The van der Waals surface area contributed by atoms with E-state index in [9.17, 15) is 22.7 Å². The molecule has 0 bridgehead atoms. The normalized spacial score (nSPS) is 19.1. The number of rotatable bonds is 3. The highest BCUT2D eigenvalue weighted by Crippen LogP contribution is 2.34. The first-order valence-electron chi connectivity index (χ1n) is 11.9. The van der Waals surface area contributed by atoms with E-state index >= 15 is 0 Å². The Morgan fingerprint density at radius 1 is 1.08 bits per heavy atom. The largest absolute Gasteiger partial charge is 0.465 e. The molecule has 1 saturated heterocycles. The second-order valence-electron chi connectivity index (χ2n) is 10.5. The number of nitrogens with zero attached hydrogens (tertiary/aromatic N) is 4. The van der Waals surface area contributed by atoms with Gasteiger partial charge in [-0.05, 0) is 40.8 Å². The number of hydrogen-bond donors (Lipinski definition) is 1. The third kappa shape index (κ3) is 4.28. The van der Waals surface area contributed by atoms with Crippen LogP contribution in [0.4, 0.5) is 14.9 Å². The quantitative estimate of drug-likeness (QED) is 0.563. The van der Waals surface area contributed by atoms with E-state index in [1.54, 1.807) is 12.1 Å². The first kappa shape index (κ1) is 24.5. The Labute approximate surface area is 210 Å². The lowest BCUT2D eigenvalue weighted by atomic mass is 9.84. The monoisotopic (exact) mass is 512 g/mol. The predicted octanol–water partition coefficient (Wildman–Crippen LogP) is 4.29. The van der Waals surface area contributed by atoms with Gasteiger partial charge in [-0.1, -0.05) is 39.0 Å². The van der Waals surface area contributed by atoms with Gasteiger partial charge < -0.3 is 14.9 Å². The number of para-hydroxylation sites is 1. The molecular formula is C26H29FN4O4S. The number of benzene rings is 2. The molecule has 0 spiro atoms. The van der Waals surface area contributed by atoms with Crippen LogP contribution in [0.3, 0.4) is 0 Å². The summed E-state index contributed by atoms with van der Waals surface area (Å²) in [6.07, 6.45) is 0.451. The van der Waals surface area contributed by atoms with Crippen molar-refractivity contribution in [2.75, 3.05) is 24.5 Å². The van der Waals surface area contributed by atoms with E-state index in [-0.39, 0.29) is 35.3 Å². The molecular weight excluding hydrogens is 483 g/mol. The molecule has 1 atom stereocenters. The fourth-order valence-corrected chi connectivity index (χ4v) is 6.52. The van der Waals surface area contributed by atoms with Crippen molar-refractivity contribution >= 4 is 32.7 Å². The highest BCUT2D eigenvalue weighted by molar-refractivity contribution is 7.89. The fourth-order valence-electron chi connectivity index (χ4n) is 5.14. The molecule has 2 aliphatic heterocycles. The molecule has 36 heavy (non-hydrogen) atoms. The molecule has 190 valence electrons. The number of hydrogen-bond acceptors (Lipinski definition) is 5. The Balaban J connectivity index is 1.45. The molecule has 3 aromatic rings. The Bertz CT molecular complexity index is 1450. The summed E-state index contributed by atoms with van der Waals surface area (Å²) in [6, 6.07) is 11.4. The average Bonchev–Trinajstić information content (AvgIpc) is 3.26. The predicted molar refractivity (Wildman–Crippen MR) is 135 cm³/mol. The lowest BCUT2D eigenvalue weighted by Crippen LogP contribution is -2.59. The zero-order valence-corrected chi connectivity index (χ0v) is 21.3. The van der Waals surface area contributed by atoms with Crippen molar-refractivity contribution in [2.45, 2.75) is 44.8 Å². The van der Waals surface area contributed by atoms with Crippen LogP contribution < -0.4 is 4.90 Å². The van der Waals surface area contributed by atoms with E-state index in [0.29, 0.717) is 36.1 Å². The van der Waals surface area contributed by atoms with Crippen molar-refractivity contribution in [2.24, 2.45) is 5.41 Å². The molecule has 0 aliphatic carbocycles. The van der Waals surface area contributed by atoms with Crippen LogP contribution in [-0.2, 0) is 23.1 Å². The van der Waals surface area contributed by atoms with Crippen molar-refractivity contribution in [3.8, 4) is 0 Å². The number of piperazine rings is 1. The minimum absolute atomic E-state index is 0.0868. The van der Waals surface area contributed by atoms with E-state index in [2.05, 4.69) is 9.88 Å². The zero-order chi connectivity index (χ0) is 25.8. The van der Waals surface area contributed by atoms with Crippen LogP contribution in [0, 0.1) is 11.2 Å². The first-order chi connectivity index (χ1) is 16.9. The van der Waals surface area contributed by atoms with Crippen LogP contribution >= 0.6 is 0 Å². The number of pyridine rings is 1. The molecule has 1 aromatic heterocycles. The minimum Gasteiger partial charge on any atom is -0.465 e. The summed E-state index contributed by atoms with van der Waals surface area (Å²) in [5.74, 6) is -0.384. The lowest BCUT2D eigenvalue weighted by Gasteiger charge is -2.46. The summed E-state index contributed by atoms with van der Waals surface area (Å²) >= 11 is 0. The van der Waals surface area contributed by atoms with Crippen LogP contribution in [0.5, 0.6) is 0 Å². The summed E-state index contributed by atoms with van der Waals surface area (Å²) < 4.78 is 41.7. The highest BCUT2D eigenvalue weighted by atomic mass is 32.2. The topological polar surface area (TPSA) is 94.1 Å². The van der Waals surface area contributed by atoms with Gasteiger partial charge in [-0.15, -0.1) is 0 Å². The number of carboxylic acid groups (broad SMARTS) is 1. The van der Waals surface area contributed by atoms with Gasteiger partial charge in [-0.3, -0.25) is 4.98 Å². The van der Waals surface area contributed by atoms with Crippen molar-refractivity contribution in [3.63, 3.8) is 0 Å². The van der Waals surface area contributed by atoms with Gasteiger partial charge >= 0.3 is 6.09 Å². The summed E-state index contributed by atoms with van der Waals surface area (Å²) in [5, 5.41) is 10.4. The number of sulfonamides is 1. The molecule has 5 rings (SSSR count). The summed E-state index contributed by atoms with van der Waals surface area (Å²) in [6.45, 7) is 7.80. The van der Waals surface area contributed by atoms with Gasteiger partial charge in [0.1, 0.15) is 10.7 Å². The lowest BCUT2D eigenvalue weighted by molar-refractivity contribution is 0.0749. The van der Waals surface area contributed by atoms with Crippen LogP contribution in [0.15, 0.2) is 53.6 Å². The SMILES string of the molecule is CC(C)(C)C1CN(c2cccc3cc(S(=O)(=O)N4Cc5ccc(F)cc5C4)cnc23)CCN1C(=O)O.